The van der Waals surface area contributed by atoms with E-state index in [1.807, 2.05) is 12.5 Å². The second-order valence-corrected chi connectivity index (χ2v) is 6.36. The van der Waals surface area contributed by atoms with E-state index >= 15 is 0 Å². The van der Waals surface area contributed by atoms with E-state index in [4.69, 9.17) is 10.7 Å². The number of aromatic nitrogens is 4. The summed E-state index contributed by atoms with van der Waals surface area (Å²) < 4.78 is 4.44. The molecule has 20 heavy (non-hydrogen) atoms. The summed E-state index contributed by atoms with van der Waals surface area (Å²) in [6.07, 6.45) is 8.78. The summed E-state index contributed by atoms with van der Waals surface area (Å²) in [5, 5.41) is 0. The minimum absolute atomic E-state index is 0.351. The lowest BCUT2D eigenvalue weighted by molar-refractivity contribution is 0.576. The molecule has 0 aliphatic heterocycles. The number of rotatable bonds is 4. The van der Waals surface area contributed by atoms with Gasteiger partial charge in [0.15, 0.2) is 0 Å². The second-order valence-electron chi connectivity index (χ2n) is 6.36. The molecule has 2 aliphatic carbocycles. The van der Waals surface area contributed by atoms with E-state index in [0.717, 1.165) is 23.0 Å². The Bertz CT molecular complexity index is 643. The molecule has 2 aromatic rings. The summed E-state index contributed by atoms with van der Waals surface area (Å²) in [4.78, 5) is 9.19. The van der Waals surface area contributed by atoms with Crippen molar-refractivity contribution in [3.8, 4) is 11.4 Å². The predicted molar refractivity (Wildman–Crippen MR) is 78.5 cm³/mol. The van der Waals surface area contributed by atoms with Crippen molar-refractivity contribution in [2.75, 3.05) is 5.73 Å². The van der Waals surface area contributed by atoms with E-state index in [1.165, 1.54) is 25.7 Å². The van der Waals surface area contributed by atoms with Gasteiger partial charge in [0.1, 0.15) is 17.3 Å². The summed E-state index contributed by atoms with van der Waals surface area (Å²) in [6, 6.07) is 0.949. The van der Waals surface area contributed by atoms with Crippen molar-refractivity contribution in [3.05, 3.63) is 18.3 Å². The molecule has 2 heterocycles. The van der Waals surface area contributed by atoms with Crippen LogP contribution in [-0.2, 0) is 0 Å². The number of hydrogen-bond acceptors (Lipinski definition) is 3. The first kappa shape index (κ1) is 12.0. The van der Waals surface area contributed by atoms with Gasteiger partial charge in [-0.3, -0.25) is 0 Å². The SMILES string of the molecule is CC(C)n1c(C2CC2)nc(-c2cncn2C2CC2)c1N. The zero-order chi connectivity index (χ0) is 13.9. The first-order valence-corrected chi connectivity index (χ1v) is 7.56. The fourth-order valence-corrected chi connectivity index (χ4v) is 2.96. The Morgan fingerprint density at radius 3 is 2.60 bits per heavy atom. The molecule has 4 rings (SSSR count). The van der Waals surface area contributed by atoms with Gasteiger partial charge in [-0.25, -0.2) is 9.97 Å². The lowest BCUT2D eigenvalue weighted by atomic mass is 10.3. The van der Waals surface area contributed by atoms with Gasteiger partial charge in [0.05, 0.1) is 18.2 Å². The van der Waals surface area contributed by atoms with Gasteiger partial charge in [-0.05, 0) is 39.5 Å². The van der Waals surface area contributed by atoms with Crippen molar-refractivity contribution in [2.45, 2.75) is 57.5 Å². The molecule has 0 aromatic carbocycles. The normalized spacial score (nSPS) is 18.9. The Morgan fingerprint density at radius 2 is 2.00 bits per heavy atom. The van der Waals surface area contributed by atoms with Crippen molar-refractivity contribution in [2.24, 2.45) is 0 Å². The van der Waals surface area contributed by atoms with Crippen LogP contribution in [0.4, 0.5) is 5.82 Å². The number of imidazole rings is 2. The highest BCUT2D eigenvalue weighted by Crippen LogP contribution is 2.44. The van der Waals surface area contributed by atoms with E-state index in [-0.39, 0.29) is 0 Å². The van der Waals surface area contributed by atoms with Crippen LogP contribution in [-0.4, -0.2) is 19.1 Å². The smallest absolute Gasteiger partial charge is 0.133 e. The third-order valence-electron chi connectivity index (χ3n) is 4.28. The van der Waals surface area contributed by atoms with Crippen molar-refractivity contribution in [1.82, 2.24) is 19.1 Å². The molecular formula is C15H21N5. The Kier molecular flexibility index (Phi) is 2.46. The first-order valence-electron chi connectivity index (χ1n) is 7.56. The molecule has 0 atom stereocenters. The Hall–Kier alpha value is -1.78. The fraction of sp³-hybridized carbons (Fsp3) is 0.600. The molecule has 5 nitrogen and oxygen atoms in total. The highest BCUT2D eigenvalue weighted by molar-refractivity contribution is 5.68. The number of nitrogens with two attached hydrogens (primary N) is 1. The summed E-state index contributed by atoms with van der Waals surface area (Å²) in [7, 11) is 0. The summed E-state index contributed by atoms with van der Waals surface area (Å²) in [6.45, 7) is 4.35. The predicted octanol–water partition coefficient (Wildman–Crippen LogP) is 3.12. The van der Waals surface area contributed by atoms with Crippen molar-refractivity contribution < 1.29 is 0 Å². The van der Waals surface area contributed by atoms with Crippen LogP contribution in [0, 0.1) is 0 Å². The molecule has 0 amide bonds. The van der Waals surface area contributed by atoms with Gasteiger partial charge in [0, 0.05) is 18.0 Å². The molecule has 0 bridgehead atoms. The topological polar surface area (TPSA) is 61.7 Å². The number of hydrogen-bond donors (Lipinski definition) is 1. The zero-order valence-corrected chi connectivity index (χ0v) is 12.1. The Balaban J connectivity index is 1.85. The summed E-state index contributed by atoms with van der Waals surface area (Å²) >= 11 is 0. The summed E-state index contributed by atoms with van der Waals surface area (Å²) in [5.41, 5.74) is 8.41. The van der Waals surface area contributed by atoms with Crippen LogP contribution in [0.2, 0.25) is 0 Å². The van der Waals surface area contributed by atoms with Crippen LogP contribution in [0.25, 0.3) is 11.4 Å². The van der Waals surface area contributed by atoms with Crippen LogP contribution in [0.5, 0.6) is 0 Å². The molecule has 5 heteroatoms. The number of nitrogen functional groups attached to an aromatic ring is 1. The molecule has 2 aromatic heterocycles. The molecule has 2 N–H and O–H groups in total. The third kappa shape index (κ3) is 1.76. The largest absolute Gasteiger partial charge is 0.383 e. The molecule has 0 radical (unpaired) electrons. The molecule has 0 spiro atoms. The molecule has 106 valence electrons. The average molecular weight is 271 g/mol. The molecule has 0 saturated heterocycles. The van der Waals surface area contributed by atoms with Gasteiger partial charge in [-0.2, -0.15) is 0 Å². The van der Waals surface area contributed by atoms with Crippen molar-refractivity contribution in [3.63, 3.8) is 0 Å². The lowest BCUT2D eigenvalue weighted by Gasteiger charge is -2.13. The van der Waals surface area contributed by atoms with Crippen LogP contribution in [0.3, 0.4) is 0 Å². The highest BCUT2D eigenvalue weighted by atomic mass is 15.2. The monoisotopic (exact) mass is 271 g/mol. The Morgan fingerprint density at radius 1 is 1.25 bits per heavy atom. The minimum atomic E-state index is 0.351. The van der Waals surface area contributed by atoms with Gasteiger partial charge in [0.25, 0.3) is 0 Å². The van der Waals surface area contributed by atoms with E-state index in [1.54, 1.807) is 0 Å². The standard InChI is InChI=1S/C15H21N5/c1-9(2)20-14(16)13(18-15(20)10-3-4-10)12-7-17-8-19(12)11-5-6-11/h7-11H,3-6,16H2,1-2H3. The summed E-state index contributed by atoms with van der Waals surface area (Å²) in [5.74, 6) is 2.56. The highest BCUT2D eigenvalue weighted by Gasteiger charge is 2.33. The van der Waals surface area contributed by atoms with Crippen LogP contribution in [0.1, 0.15) is 63.4 Å². The minimum Gasteiger partial charge on any atom is -0.383 e. The van der Waals surface area contributed by atoms with Crippen LogP contribution >= 0.6 is 0 Å². The van der Waals surface area contributed by atoms with Gasteiger partial charge in [-0.1, -0.05) is 0 Å². The van der Waals surface area contributed by atoms with Crippen molar-refractivity contribution >= 4 is 5.82 Å². The lowest BCUT2D eigenvalue weighted by Crippen LogP contribution is -2.09. The zero-order valence-electron chi connectivity index (χ0n) is 12.1. The Labute approximate surface area is 118 Å². The van der Waals surface area contributed by atoms with E-state index in [0.29, 0.717) is 18.0 Å². The number of anilines is 1. The molecule has 2 fully saturated rings. The first-order chi connectivity index (χ1) is 9.66. The maximum Gasteiger partial charge on any atom is 0.133 e. The second kappa shape index (κ2) is 4.11. The quantitative estimate of drug-likeness (QED) is 0.929. The van der Waals surface area contributed by atoms with Crippen LogP contribution < -0.4 is 5.73 Å². The molecule has 0 unspecified atom stereocenters. The average Bonchev–Trinajstić information content (AvgIpc) is 3.33. The van der Waals surface area contributed by atoms with E-state index in [2.05, 4.69) is 28.0 Å². The van der Waals surface area contributed by atoms with Gasteiger partial charge < -0.3 is 14.9 Å². The molecular weight excluding hydrogens is 250 g/mol. The maximum absolute atomic E-state index is 6.41. The van der Waals surface area contributed by atoms with E-state index in [9.17, 15) is 0 Å². The van der Waals surface area contributed by atoms with Crippen LogP contribution in [0.15, 0.2) is 12.5 Å². The van der Waals surface area contributed by atoms with Crippen molar-refractivity contribution in [1.29, 1.82) is 0 Å². The molecule has 2 aliphatic rings. The van der Waals surface area contributed by atoms with Gasteiger partial charge in [0.2, 0.25) is 0 Å². The fourth-order valence-electron chi connectivity index (χ4n) is 2.96. The third-order valence-corrected chi connectivity index (χ3v) is 4.28. The van der Waals surface area contributed by atoms with E-state index < -0.39 is 0 Å². The van der Waals surface area contributed by atoms with Gasteiger partial charge >= 0.3 is 0 Å². The molecule has 2 saturated carbocycles. The maximum atomic E-state index is 6.41. The van der Waals surface area contributed by atoms with Gasteiger partial charge in [-0.15, -0.1) is 0 Å². The number of nitrogens with zero attached hydrogens (tertiary/aromatic N) is 4.